The second-order valence-electron chi connectivity index (χ2n) is 6.13. The first-order valence-corrected chi connectivity index (χ1v) is 8.29. The maximum absolute atomic E-state index is 11.8. The van der Waals surface area contributed by atoms with Crippen molar-refractivity contribution in [2.24, 2.45) is 11.8 Å². The average molecular weight is 310 g/mol. The first kappa shape index (κ1) is 17.2. The number of aliphatic carboxylic acids is 1. The van der Waals surface area contributed by atoms with Gasteiger partial charge in [0.2, 0.25) is 0 Å². The number of ether oxygens (including phenoxy) is 2. The zero-order valence-electron chi connectivity index (χ0n) is 13.0. The van der Waals surface area contributed by atoms with Crippen LogP contribution in [0.1, 0.15) is 51.4 Å². The van der Waals surface area contributed by atoms with Crippen molar-refractivity contribution in [2.45, 2.75) is 57.7 Å². The van der Waals surface area contributed by atoms with Crippen LogP contribution in [0.4, 0.5) is 0 Å². The molecule has 0 bridgehead atoms. The predicted octanol–water partition coefficient (Wildman–Crippen LogP) is 2.94. The molecule has 0 amide bonds. The van der Waals surface area contributed by atoms with Gasteiger partial charge in [-0.3, -0.25) is 9.59 Å². The van der Waals surface area contributed by atoms with Gasteiger partial charge in [-0.05, 0) is 44.4 Å². The van der Waals surface area contributed by atoms with Gasteiger partial charge in [-0.15, -0.1) is 0 Å². The first-order chi connectivity index (χ1) is 10.7. The van der Waals surface area contributed by atoms with E-state index in [2.05, 4.69) is 0 Å². The monoisotopic (exact) mass is 310 g/mol. The Morgan fingerprint density at radius 2 is 2.18 bits per heavy atom. The van der Waals surface area contributed by atoms with Gasteiger partial charge in [0.15, 0.2) is 6.29 Å². The van der Waals surface area contributed by atoms with E-state index in [1.807, 2.05) is 12.2 Å². The molecule has 0 radical (unpaired) electrons. The van der Waals surface area contributed by atoms with Crippen molar-refractivity contribution in [1.82, 2.24) is 0 Å². The summed E-state index contributed by atoms with van der Waals surface area (Å²) in [5.41, 5.74) is 0. The molecule has 0 aromatic rings. The highest BCUT2D eigenvalue weighted by Gasteiger charge is 2.34. The lowest BCUT2D eigenvalue weighted by Gasteiger charge is -2.22. The van der Waals surface area contributed by atoms with Crippen LogP contribution in [0.2, 0.25) is 0 Å². The molecule has 0 spiro atoms. The summed E-state index contributed by atoms with van der Waals surface area (Å²) in [6.07, 6.45) is 10.00. The van der Waals surface area contributed by atoms with Crippen LogP contribution >= 0.6 is 0 Å². The minimum Gasteiger partial charge on any atom is -0.481 e. The van der Waals surface area contributed by atoms with Crippen LogP contribution in [0.5, 0.6) is 0 Å². The molecule has 5 heteroatoms. The third-order valence-electron chi connectivity index (χ3n) is 4.46. The van der Waals surface area contributed by atoms with E-state index in [1.165, 1.54) is 0 Å². The fourth-order valence-electron chi connectivity index (χ4n) is 3.24. The number of carbonyl (C=O) groups excluding carboxylic acids is 1. The van der Waals surface area contributed by atoms with Gasteiger partial charge in [-0.2, -0.15) is 0 Å². The van der Waals surface area contributed by atoms with E-state index in [9.17, 15) is 9.59 Å². The van der Waals surface area contributed by atoms with Crippen molar-refractivity contribution in [3.8, 4) is 0 Å². The molecule has 2 aliphatic rings. The van der Waals surface area contributed by atoms with E-state index < -0.39 is 5.97 Å². The van der Waals surface area contributed by atoms with Crippen LogP contribution in [-0.2, 0) is 19.1 Å². The van der Waals surface area contributed by atoms with Crippen LogP contribution < -0.4 is 0 Å². The van der Waals surface area contributed by atoms with E-state index >= 15 is 0 Å². The van der Waals surface area contributed by atoms with Crippen molar-refractivity contribution in [1.29, 1.82) is 0 Å². The summed E-state index contributed by atoms with van der Waals surface area (Å²) in [5, 5.41) is 8.89. The van der Waals surface area contributed by atoms with Gasteiger partial charge in [-0.1, -0.05) is 12.2 Å². The second-order valence-corrected chi connectivity index (χ2v) is 6.13. The minimum absolute atomic E-state index is 0.00142. The number of rotatable bonds is 8. The summed E-state index contributed by atoms with van der Waals surface area (Å²) in [6, 6.07) is 0. The van der Waals surface area contributed by atoms with Gasteiger partial charge in [-0.25, -0.2) is 0 Å². The van der Waals surface area contributed by atoms with Crippen LogP contribution in [-0.4, -0.2) is 36.4 Å². The number of hydrogen-bond donors (Lipinski definition) is 1. The first-order valence-electron chi connectivity index (χ1n) is 8.29. The molecule has 1 unspecified atom stereocenters. The van der Waals surface area contributed by atoms with Crippen molar-refractivity contribution in [3.63, 3.8) is 0 Å². The molecule has 22 heavy (non-hydrogen) atoms. The van der Waals surface area contributed by atoms with Gasteiger partial charge in [0.1, 0.15) is 5.78 Å². The molecular formula is C17H26O5. The number of carboxylic acid groups (broad SMARTS) is 1. The summed E-state index contributed by atoms with van der Waals surface area (Å²) < 4.78 is 11.1. The molecule has 124 valence electrons. The van der Waals surface area contributed by atoms with Gasteiger partial charge >= 0.3 is 5.97 Å². The Labute approximate surface area is 131 Å². The molecule has 0 aromatic carbocycles. The molecule has 1 aliphatic carbocycles. The fraction of sp³-hybridized carbons (Fsp3) is 0.765. The number of ketones is 1. The molecule has 5 nitrogen and oxygen atoms in total. The molecule has 1 aliphatic heterocycles. The van der Waals surface area contributed by atoms with Crippen molar-refractivity contribution >= 4 is 11.8 Å². The number of hydrogen-bond acceptors (Lipinski definition) is 4. The van der Waals surface area contributed by atoms with Gasteiger partial charge in [0.05, 0.1) is 6.61 Å². The number of Topliss-reactive ketones (excluding diaryl/α,β-unsaturated/α-hetero) is 1. The van der Waals surface area contributed by atoms with E-state index in [4.69, 9.17) is 14.6 Å². The molecule has 2 rings (SSSR count). The van der Waals surface area contributed by atoms with Gasteiger partial charge in [0.25, 0.3) is 0 Å². The van der Waals surface area contributed by atoms with Gasteiger partial charge in [0, 0.05) is 25.4 Å². The molecule has 3 atom stereocenters. The quantitative estimate of drug-likeness (QED) is 0.551. The molecule has 1 heterocycles. The Morgan fingerprint density at radius 3 is 2.91 bits per heavy atom. The Balaban J connectivity index is 1.63. The Hall–Kier alpha value is -1.20. The third kappa shape index (κ3) is 5.54. The van der Waals surface area contributed by atoms with Crippen LogP contribution in [0.3, 0.4) is 0 Å². The topological polar surface area (TPSA) is 72.8 Å². The Kier molecular flexibility index (Phi) is 7.06. The van der Waals surface area contributed by atoms with E-state index in [0.717, 1.165) is 32.3 Å². The summed E-state index contributed by atoms with van der Waals surface area (Å²) in [7, 11) is 0. The minimum atomic E-state index is -0.811. The predicted molar refractivity (Wildman–Crippen MR) is 81.4 cm³/mol. The van der Waals surface area contributed by atoms with E-state index in [-0.39, 0.29) is 30.3 Å². The normalized spacial score (nSPS) is 29.3. The molecule has 0 aromatic heterocycles. The Bertz CT molecular complexity index is 398. The third-order valence-corrected chi connectivity index (χ3v) is 4.46. The van der Waals surface area contributed by atoms with Crippen molar-refractivity contribution in [3.05, 3.63) is 12.2 Å². The highest BCUT2D eigenvalue weighted by molar-refractivity contribution is 5.84. The maximum Gasteiger partial charge on any atom is 0.303 e. The van der Waals surface area contributed by atoms with Crippen molar-refractivity contribution < 1.29 is 24.2 Å². The second kappa shape index (κ2) is 9.06. The van der Waals surface area contributed by atoms with Crippen LogP contribution in [0.25, 0.3) is 0 Å². The zero-order chi connectivity index (χ0) is 15.8. The lowest BCUT2D eigenvalue weighted by Crippen LogP contribution is -2.22. The molecule has 1 saturated heterocycles. The highest BCUT2D eigenvalue weighted by Crippen LogP contribution is 2.34. The average Bonchev–Trinajstić information content (AvgIpc) is 2.84. The number of carbonyl (C=O) groups is 2. The lowest BCUT2D eigenvalue weighted by molar-refractivity contribution is -0.161. The molecule has 1 N–H and O–H groups in total. The molecule has 1 saturated carbocycles. The maximum atomic E-state index is 11.8. The zero-order valence-corrected chi connectivity index (χ0v) is 13.0. The standard InChI is InChI=1S/C17H26O5/c18-15-9-8-13(12-16(19)20)14(15)6-2-1-4-10-21-17-7-3-5-11-22-17/h1-2,13-14,17H,3-12H2,(H,19,20)/b2-1-/t13-,14+,17?/m1/s1. The SMILES string of the molecule is O=C(O)C[C@H]1CCC(=O)[C@H]1C/C=C\CCOC1CCCCO1. The van der Waals surface area contributed by atoms with Crippen molar-refractivity contribution in [2.75, 3.05) is 13.2 Å². The molecule has 2 fully saturated rings. The van der Waals surface area contributed by atoms with Gasteiger partial charge < -0.3 is 14.6 Å². The van der Waals surface area contributed by atoms with Crippen LogP contribution in [0, 0.1) is 11.8 Å². The summed E-state index contributed by atoms with van der Waals surface area (Å²) in [5.74, 6) is -0.714. The summed E-state index contributed by atoms with van der Waals surface area (Å²) in [4.78, 5) is 22.6. The summed E-state index contributed by atoms with van der Waals surface area (Å²) >= 11 is 0. The van der Waals surface area contributed by atoms with E-state index in [0.29, 0.717) is 25.9 Å². The lowest BCUT2D eigenvalue weighted by atomic mass is 9.89. The Morgan fingerprint density at radius 1 is 1.32 bits per heavy atom. The van der Waals surface area contributed by atoms with Crippen LogP contribution in [0.15, 0.2) is 12.2 Å². The largest absolute Gasteiger partial charge is 0.481 e. The highest BCUT2D eigenvalue weighted by atomic mass is 16.7. The number of allylic oxidation sites excluding steroid dienone is 1. The molecular weight excluding hydrogens is 284 g/mol. The summed E-state index contributed by atoms with van der Waals surface area (Å²) in [6.45, 7) is 1.41. The smallest absolute Gasteiger partial charge is 0.303 e. The van der Waals surface area contributed by atoms with E-state index in [1.54, 1.807) is 0 Å². The fourth-order valence-corrected chi connectivity index (χ4v) is 3.24. The number of carboxylic acids is 1.